The summed E-state index contributed by atoms with van der Waals surface area (Å²) < 4.78 is 16.0. The van der Waals surface area contributed by atoms with Crippen molar-refractivity contribution in [1.29, 1.82) is 0 Å². The highest BCUT2D eigenvalue weighted by molar-refractivity contribution is 5.97. The number of hydrogen-bond acceptors (Lipinski definition) is 7. The molecule has 1 aromatic carbocycles. The van der Waals surface area contributed by atoms with E-state index < -0.39 is 0 Å². The summed E-state index contributed by atoms with van der Waals surface area (Å²) in [6.07, 6.45) is 7.42. The van der Waals surface area contributed by atoms with Crippen LogP contribution in [0, 0.1) is 0 Å². The van der Waals surface area contributed by atoms with Gasteiger partial charge in [0.2, 0.25) is 5.88 Å². The summed E-state index contributed by atoms with van der Waals surface area (Å²) in [5, 5.41) is 1.07. The number of methoxy groups -OCH3 is 2. The Hall–Kier alpha value is -4.15. The summed E-state index contributed by atoms with van der Waals surface area (Å²) >= 11 is 0. The number of aromatic nitrogens is 3. The molecule has 0 bridgehead atoms. The van der Waals surface area contributed by atoms with Crippen molar-refractivity contribution in [3.63, 3.8) is 0 Å². The molecule has 2 heterocycles. The summed E-state index contributed by atoms with van der Waals surface area (Å²) in [4.78, 5) is 21.6. The van der Waals surface area contributed by atoms with Gasteiger partial charge in [0.1, 0.15) is 18.8 Å². The fourth-order valence-corrected chi connectivity index (χ4v) is 3.06. The molecule has 0 saturated carbocycles. The molecule has 0 aliphatic carbocycles. The monoisotopic (exact) mass is 475 g/mol. The molecule has 182 valence electrons. The Balaban J connectivity index is 1.77. The lowest BCUT2D eigenvalue weighted by Crippen LogP contribution is -2.24. The molecule has 3 rings (SSSR count). The van der Waals surface area contributed by atoms with Crippen LogP contribution in [-0.2, 0) is 16.1 Å². The highest BCUT2D eigenvalue weighted by Gasteiger charge is 2.06. The summed E-state index contributed by atoms with van der Waals surface area (Å²) in [6.45, 7) is 1.15. The smallest absolute Gasteiger partial charge is 0.218 e. The van der Waals surface area contributed by atoms with Crippen LogP contribution >= 0.6 is 0 Å². The topological polar surface area (TPSA) is 143 Å². The van der Waals surface area contributed by atoms with Crippen LogP contribution in [-0.4, -0.2) is 54.2 Å². The second-order valence-corrected chi connectivity index (χ2v) is 7.33. The van der Waals surface area contributed by atoms with Crippen molar-refractivity contribution in [3.05, 3.63) is 78.3 Å². The molecule has 0 aliphatic heterocycles. The highest BCUT2D eigenvalue weighted by Crippen LogP contribution is 2.18. The van der Waals surface area contributed by atoms with E-state index in [-0.39, 0.29) is 12.6 Å². The Bertz CT molecular complexity index is 1230. The van der Waals surface area contributed by atoms with Crippen LogP contribution in [0.5, 0.6) is 5.88 Å². The third-order valence-corrected chi connectivity index (χ3v) is 4.62. The first-order chi connectivity index (χ1) is 17.1. The first-order valence-electron chi connectivity index (χ1n) is 10.9. The first-order valence-corrected chi connectivity index (χ1v) is 10.9. The Morgan fingerprint density at radius 2 is 1.86 bits per heavy atom. The molecule has 0 unspecified atom stereocenters. The zero-order chi connectivity index (χ0) is 24.9. The van der Waals surface area contributed by atoms with E-state index in [0.717, 1.165) is 22.2 Å². The largest absolute Gasteiger partial charge is 0.471 e. The SMILES string of the molecule is COC/C=C\C(=C/COC)C/C(N=C(N)N)=N\c1cc(OCc2ccc3ccccc3n2)ncn1. The van der Waals surface area contributed by atoms with Gasteiger partial charge < -0.3 is 25.7 Å². The molecule has 3 aromatic rings. The minimum absolute atomic E-state index is 0.108. The fourth-order valence-electron chi connectivity index (χ4n) is 3.06. The van der Waals surface area contributed by atoms with E-state index in [4.69, 9.17) is 25.7 Å². The van der Waals surface area contributed by atoms with Gasteiger partial charge in [0.05, 0.1) is 24.4 Å². The predicted octanol–water partition coefficient (Wildman–Crippen LogP) is 3.07. The van der Waals surface area contributed by atoms with Gasteiger partial charge in [-0.3, -0.25) is 0 Å². The van der Waals surface area contributed by atoms with E-state index in [1.54, 1.807) is 20.3 Å². The number of rotatable bonds is 11. The lowest BCUT2D eigenvalue weighted by atomic mass is 10.1. The van der Waals surface area contributed by atoms with Gasteiger partial charge in [0.15, 0.2) is 11.8 Å². The second kappa shape index (κ2) is 13.5. The number of nitrogens with zero attached hydrogens (tertiary/aromatic N) is 5. The normalized spacial score (nSPS) is 12.3. The standard InChI is InChI=1S/C25H29N7O3/c1-33-12-5-6-18(11-13-34-2)14-23(32-25(26)27)31-22-15-24(29-17-28-22)35-16-20-10-9-19-7-3-4-8-21(19)30-20/h3-11,15,17H,12-14,16H2,1-2H3,(H4,26,27,28,29,31,32)/b6-5-,18-11+. The zero-order valence-corrected chi connectivity index (χ0v) is 19.8. The molecule has 0 radical (unpaired) electrons. The number of fused-ring (bicyclic) bond motifs is 1. The number of pyridine rings is 1. The Morgan fingerprint density at radius 3 is 2.66 bits per heavy atom. The lowest BCUT2D eigenvalue weighted by molar-refractivity contribution is 0.232. The third kappa shape index (κ3) is 8.61. The maximum Gasteiger partial charge on any atom is 0.218 e. The van der Waals surface area contributed by atoms with Crippen molar-refractivity contribution in [3.8, 4) is 5.88 Å². The van der Waals surface area contributed by atoms with Gasteiger partial charge in [0, 0.05) is 32.1 Å². The van der Waals surface area contributed by atoms with Gasteiger partial charge in [-0.25, -0.2) is 19.9 Å². The van der Waals surface area contributed by atoms with E-state index in [2.05, 4.69) is 24.9 Å². The zero-order valence-electron chi connectivity index (χ0n) is 19.8. The van der Waals surface area contributed by atoms with Crippen molar-refractivity contribution in [2.24, 2.45) is 21.5 Å². The van der Waals surface area contributed by atoms with Gasteiger partial charge in [-0.1, -0.05) is 42.5 Å². The molecular formula is C25H29N7O3. The van der Waals surface area contributed by atoms with Crippen molar-refractivity contribution >= 4 is 28.5 Å². The van der Waals surface area contributed by atoms with E-state index in [1.807, 2.05) is 54.6 Å². The van der Waals surface area contributed by atoms with Crippen LogP contribution in [0.25, 0.3) is 10.9 Å². The number of guanidine groups is 1. The number of amidine groups is 1. The Kier molecular flexibility index (Phi) is 9.85. The molecule has 0 amide bonds. The van der Waals surface area contributed by atoms with Crippen LogP contribution in [0.3, 0.4) is 0 Å². The van der Waals surface area contributed by atoms with Crippen LogP contribution in [0.2, 0.25) is 0 Å². The van der Waals surface area contributed by atoms with E-state index in [9.17, 15) is 0 Å². The van der Waals surface area contributed by atoms with Crippen molar-refractivity contribution < 1.29 is 14.2 Å². The predicted molar refractivity (Wildman–Crippen MR) is 137 cm³/mol. The van der Waals surface area contributed by atoms with E-state index in [1.165, 1.54) is 6.33 Å². The van der Waals surface area contributed by atoms with Gasteiger partial charge in [0.25, 0.3) is 0 Å². The molecule has 4 N–H and O–H groups in total. The number of ether oxygens (including phenoxy) is 3. The van der Waals surface area contributed by atoms with Crippen LogP contribution in [0.15, 0.2) is 82.6 Å². The van der Waals surface area contributed by atoms with E-state index >= 15 is 0 Å². The number of nitrogens with two attached hydrogens (primary N) is 2. The maximum absolute atomic E-state index is 5.82. The maximum atomic E-state index is 5.82. The van der Waals surface area contributed by atoms with Crippen molar-refractivity contribution in [2.45, 2.75) is 13.0 Å². The van der Waals surface area contributed by atoms with Crippen LogP contribution in [0.4, 0.5) is 5.82 Å². The molecule has 0 spiro atoms. The second-order valence-electron chi connectivity index (χ2n) is 7.33. The van der Waals surface area contributed by atoms with E-state index in [0.29, 0.717) is 37.2 Å². The van der Waals surface area contributed by atoms with Crippen LogP contribution < -0.4 is 16.2 Å². The number of para-hydroxylation sites is 1. The molecular weight excluding hydrogens is 446 g/mol. The molecule has 0 saturated heterocycles. The Labute approximate surface area is 204 Å². The summed E-state index contributed by atoms with van der Waals surface area (Å²) in [7, 11) is 3.24. The summed E-state index contributed by atoms with van der Waals surface area (Å²) in [5.74, 6) is 0.972. The molecule has 2 aromatic heterocycles. The number of benzene rings is 1. The minimum Gasteiger partial charge on any atom is -0.471 e. The molecule has 0 fully saturated rings. The molecule has 35 heavy (non-hydrogen) atoms. The molecule has 10 heteroatoms. The highest BCUT2D eigenvalue weighted by atomic mass is 16.5. The fraction of sp³-hybridized carbons (Fsp3) is 0.240. The van der Waals surface area contributed by atoms with Gasteiger partial charge in [-0.2, -0.15) is 4.99 Å². The average molecular weight is 476 g/mol. The minimum atomic E-state index is -0.108. The first kappa shape index (κ1) is 25.5. The van der Waals surface area contributed by atoms with Crippen molar-refractivity contribution in [2.75, 3.05) is 27.4 Å². The average Bonchev–Trinajstić information content (AvgIpc) is 2.85. The van der Waals surface area contributed by atoms with Crippen molar-refractivity contribution in [1.82, 2.24) is 15.0 Å². The molecule has 10 nitrogen and oxygen atoms in total. The number of allylic oxidation sites excluding steroid dienone is 1. The number of hydrogen-bond donors (Lipinski definition) is 2. The molecule has 0 aliphatic rings. The Morgan fingerprint density at radius 1 is 1.03 bits per heavy atom. The number of aliphatic imine (C=N–C) groups is 2. The van der Waals surface area contributed by atoms with Gasteiger partial charge in [-0.15, -0.1) is 0 Å². The molecule has 0 atom stereocenters. The quantitative estimate of drug-likeness (QED) is 0.245. The van der Waals surface area contributed by atoms with Crippen LogP contribution in [0.1, 0.15) is 12.1 Å². The van der Waals surface area contributed by atoms with Gasteiger partial charge in [-0.05, 0) is 17.7 Å². The van der Waals surface area contributed by atoms with Gasteiger partial charge >= 0.3 is 0 Å². The lowest BCUT2D eigenvalue weighted by Gasteiger charge is -2.07. The summed E-state index contributed by atoms with van der Waals surface area (Å²) in [5.41, 5.74) is 13.8. The summed E-state index contributed by atoms with van der Waals surface area (Å²) in [6, 6.07) is 13.4. The third-order valence-electron chi connectivity index (χ3n) is 4.62.